The summed E-state index contributed by atoms with van der Waals surface area (Å²) in [4.78, 5) is 22.9. The van der Waals surface area contributed by atoms with Gasteiger partial charge in [-0.1, -0.05) is 0 Å². The molecule has 0 bridgehead atoms. The van der Waals surface area contributed by atoms with E-state index >= 15 is 0 Å². The highest BCUT2D eigenvalue weighted by atomic mass is 16.4. The fraction of sp³-hybridized carbons (Fsp3) is 0.714. The molecule has 1 rings (SSSR count). The SMILES string of the molecule is CN1[C@@H](C(=O)O)CC[C@H]1C(N)=O. The molecule has 0 aliphatic carbocycles. The normalized spacial score (nSPS) is 30.4. The number of hydrogen-bond acceptors (Lipinski definition) is 3. The van der Waals surface area contributed by atoms with E-state index in [0.717, 1.165) is 0 Å². The van der Waals surface area contributed by atoms with Crippen molar-refractivity contribution >= 4 is 11.9 Å². The third-order valence-corrected chi connectivity index (χ3v) is 2.31. The maximum atomic E-state index is 10.8. The number of nitrogens with zero attached hydrogens (tertiary/aromatic N) is 1. The summed E-state index contributed by atoms with van der Waals surface area (Å²) in [6.45, 7) is 0. The molecule has 0 saturated carbocycles. The standard InChI is InChI=1S/C7H12N2O3/c1-9-4(6(8)10)2-3-5(9)7(11)12/h4-5H,2-3H2,1H3,(H2,8,10)(H,11,12)/t4-,5+/m0/s1. The molecule has 12 heavy (non-hydrogen) atoms. The summed E-state index contributed by atoms with van der Waals surface area (Å²) in [6, 6.07) is -0.964. The minimum Gasteiger partial charge on any atom is -0.480 e. The first-order valence-electron chi connectivity index (χ1n) is 3.78. The van der Waals surface area contributed by atoms with Gasteiger partial charge in [-0.15, -0.1) is 0 Å². The largest absolute Gasteiger partial charge is 0.480 e. The molecule has 2 atom stereocenters. The van der Waals surface area contributed by atoms with Gasteiger partial charge in [0.2, 0.25) is 5.91 Å². The zero-order valence-corrected chi connectivity index (χ0v) is 6.86. The van der Waals surface area contributed by atoms with E-state index < -0.39 is 24.0 Å². The summed E-state index contributed by atoms with van der Waals surface area (Å²) in [7, 11) is 1.61. The molecule has 1 aliphatic rings. The van der Waals surface area contributed by atoms with Crippen LogP contribution in [-0.4, -0.2) is 41.0 Å². The maximum Gasteiger partial charge on any atom is 0.320 e. The van der Waals surface area contributed by atoms with Gasteiger partial charge in [-0.05, 0) is 19.9 Å². The highest BCUT2D eigenvalue weighted by Crippen LogP contribution is 2.21. The van der Waals surface area contributed by atoms with Crippen molar-refractivity contribution in [2.24, 2.45) is 5.73 Å². The molecule has 0 spiro atoms. The fourth-order valence-corrected chi connectivity index (χ4v) is 1.58. The number of likely N-dealkylation sites (tertiary alicyclic amines) is 1. The third kappa shape index (κ3) is 1.40. The van der Waals surface area contributed by atoms with Gasteiger partial charge >= 0.3 is 5.97 Å². The molecule has 1 amide bonds. The highest BCUT2D eigenvalue weighted by Gasteiger charge is 2.37. The molecule has 3 N–H and O–H groups in total. The number of nitrogens with two attached hydrogens (primary N) is 1. The van der Waals surface area contributed by atoms with Crippen LogP contribution in [-0.2, 0) is 9.59 Å². The van der Waals surface area contributed by atoms with Crippen LogP contribution in [0.5, 0.6) is 0 Å². The van der Waals surface area contributed by atoms with Crippen LogP contribution in [0.15, 0.2) is 0 Å². The number of carbonyl (C=O) groups is 2. The molecule has 0 radical (unpaired) electrons. The molecule has 1 saturated heterocycles. The Kier molecular flexibility index (Phi) is 2.32. The van der Waals surface area contributed by atoms with Crippen molar-refractivity contribution in [3.63, 3.8) is 0 Å². The Morgan fingerprint density at radius 1 is 1.42 bits per heavy atom. The number of likely N-dealkylation sites (N-methyl/N-ethyl adjacent to an activating group) is 1. The zero-order chi connectivity index (χ0) is 9.30. The van der Waals surface area contributed by atoms with Crippen LogP contribution in [0, 0.1) is 0 Å². The van der Waals surface area contributed by atoms with Crippen molar-refractivity contribution in [1.82, 2.24) is 4.90 Å². The highest BCUT2D eigenvalue weighted by molar-refractivity contribution is 5.82. The molecular formula is C7H12N2O3. The van der Waals surface area contributed by atoms with E-state index in [1.807, 2.05) is 0 Å². The average molecular weight is 172 g/mol. The minimum absolute atomic E-state index is 0.411. The van der Waals surface area contributed by atoms with Gasteiger partial charge in [0.05, 0.1) is 6.04 Å². The lowest BCUT2D eigenvalue weighted by Gasteiger charge is -2.19. The number of aliphatic carboxylic acids is 1. The molecule has 1 aliphatic heterocycles. The van der Waals surface area contributed by atoms with Gasteiger partial charge in [0.15, 0.2) is 0 Å². The maximum absolute atomic E-state index is 10.8. The lowest BCUT2D eigenvalue weighted by molar-refractivity contribution is -0.142. The van der Waals surface area contributed by atoms with Crippen molar-refractivity contribution in [3.05, 3.63) is 0 Å². The van der Waals surface area contributed by atoms with Crippen LogP contribution in [0.25, 0.3) is 0 Å². The van der Waals surface area contributed by atoms with Gasteiger partial charge < -0.3 is 10.8 Å². The second-order valence-electron chi connectivity index (χ2n) is 3.02. The molecule has 0 aromatic rings. The van der Waals surface area contributed by atoms with E-state index in [9.17, 15) is 9.59 Å². The van der Waals surface area contributed by atoms with E-state index in [4.69, 9.17) is 10.8 Å². The van der Waals surface area contributed by atoms with Gasteiger partial charge in [-0.25, -0.2) is 0 Å². The second-order valence-corrected chi connectivity index (χ2v) is 3.02. The molecular weight excluding hydrogens is 160 g/mol. The van der Waals surface area contributed by atoms with Crippen LogP contribution in [0.1, 0.15) is 12.8 Å². The molecule has 0 aromatic carbocycles. The number of rotatable bonds is 2. The average Bonchev–Trinajstić information content (AvgIpc) is 2.30. The first-order chi connectivity index (χ1) is 5.54. The monoisotopic (exact) mass is 172 g/mol. The summed E-state index contributed by atoms with van der Waals surface area (Å²) in [6.07, 6.45) is 1.04. The number of amides is 1. The number of hydrogen-bond donors (Lipinski definition) is 2. The lowest BCUT2D eigenvalue weighted by Crippen LogP contribution is -2.43. The Morgan fingerprint density at radius 2 is 1.92 bits per heavy atom. The number of primary amides is 1. The van der Waals surface area contributed by atoms with Gasteiger partial charge in [0, 0.05) is 0 Å². The number of carbonyl (C=O) groups excluding carboxylic acids is 1. The van der Waals surface area contributed by atoms with Crippen LogP contribution >= 0.6 is 0 Å². The van der Waals surface area contributed by atoms with E-state index in [-0.39, 0.29) is 0 Å². The van der Waals surface area contributed by atoms with Crippen LogP contribution in [0.4, 0.5) is 0 Å². The first-order valence-corrected chi connectivity index (χ1v) is 3.78. The van der Waals surface area contributed by atoms with E-state index in [2.05, 4.69) is 0 Å². The molecule has 1 heterocycles. The van der Waals surface area contributed by atoms with Gasteiger partial charge in [-0.3, -0.25) is 14.5 Å². The van der Waals surface area contributed by atoms with E-state index in [1.165, 1.54) is 4.90 Å². The Hall–Kier alpha value is -1.10. The molecule has 5 nitrogen and oxygen atoms in total. The molecule has 0 aromatic heterocycles. The summed E-state index contributed by atoms with van der Waals surface area (Å²) in [5.41, 5.74) is 5.08. The minimum atomic E-state index is -0.888. The summed E-state index contributed by atoms with van der Waals surface area (Å²) < 4.78 is 0. The Balaban J connectivity index is 2.67. The summed E-state index contributed by atoms with van der Waals surface area (Å²) >= 11 is 0. The molecule has 68 valence electrons. The Bertz CT molecular complexity index is 195. The van der Waals surface area contributed by atoms with Crippen LogP contribution in [0.3, 0.4) is 0 Å². The van der Waals surface area contributed by atoms with Gasteiger partial charge in [0.1, 0.15) is 6.04 Å². The topological polar surface area (TPSA) is 83.6 Å². The predicted molar refractivity (Wildman–Crippen MR) is 41.4 cm³/mol. The van der Waals surface area contributed by atoms with Gasteiger partial charge in [0.25, 0.3) is 0 Å². The van der Waals surface area contributed by atoms with Crippen molar-refractivity contribution in [3.8, 4) is 0 Å². The van der Waals surface area contributed by atoms with Crippen molar-refractivity contribution in [2.75, 3.05) is 7.05 Å². The lowest BCUT2D eigenvalue weighted by atomic mass is 10.2. The number of carboxylic acids is 1. The third-order valence-electron chi connectivity index (χ3n) is 2.31. The smallest absolute Gasteiger partial charge is 0.320 e. The van der Waals surface area contributed by atoms with Crippen molar-refractivity contribution < 1.29 is 14.7 Å². The quantitative estimate of drug-likeness (QED) is 0.560. The van der Waals surface area contributed by atoms with Crippen LogP contribution < -0.4 is 5.73 Å². The zero-order valence-electron chi connectivity index (χ0n) is 6.86. The fourth-order valence-electron chi connectivity index (χ4n) is 1.58. The Labute approximate surface area is 70.1 Å². The summed E-state index contributed by atoms with van der Waals surface area (Å²) in [5, 5.41) is 8.69. The first kappa shape index (κ1) is 8.99. The second kappa shape index (κ2) is 3.10. The van der Waals surface area contributed by atoms with E-state index in [1.54, 1.807) is 7.05 Å². The molecule has 0 unspecified atom stereocenters. The number of carboxylic acid groups (broad SMARTS) is 1. The molecule has 1 fully saturated rings. The van der Waals surface area contributed by atoms with Crippen LogP contribution in [0.2, 0.25) is 0 Å². The van der Waals surface area contributed by atoms with Gasteiger partial charge in [-0.2, -0.15) is 0 Å². The van der Waals surface area contributed by atoms with Crippen molar-refractivity contribution in [1.29, 1.82) is 0 Å². The summed E-state index contributed by atoms with van der Waals surface area (Å²) in [5.74, 6) is -1.33. The van der Waals surface area contributed by atoms with Crippen molar-refractivity contribution in [2.45, 2.75) is 24.9 Å². The molecule has 5 heteroatoms. The van der Waals surface area contributed by atoms with E-state index in [0.29, 0.717) is 12.8 Å². The predicted octanol–water partition coefficient (Wildman–Crippen LogP) is -0.981. The Morgan fingerprint density at radius 3 is 2.17 bits per heavy atom.